The molecule has 0 unspecified atom stereocenters. The van der Waals surface area contributed by atoms with Crippen LogP contribution in [-0.2, 0) is 17.8 Å². The van der Waals surface area contributed by atoms with Gasteiger partial charge in [0.2, 0.25) is 0 Å². The van der Waals surface area contributed by atoms with Gasteiger partial charge in [-0.2, -0.15) is 0 Å². The molecule has 3 nitrogen and oxygen atoms in total. The number of aliphatic carboxylic acids is 1. The third-order valence-electron chi connectivity index (χ3n) is 2.83. The molecule has 0 saturated carbocycles. The van der Waals surface area contributed by atoms with Crippen molar-refractivity contribution < 1.29 is 14.3 Å². The predicted molar refractivity (Wildman–Crippen MR) is 68.9 cm³/mol. The van der Waals surface area contributed by atoms with E-state index in [0.717, 1.165) is 0 Å². The van der Waals surface area contributed by atoms with E-state index in [4.69, 9.17) is 5.11 Å². The maximum Gasteiger partial charge on any atom is 0.309 e. The van der Waals surface area contributed by atoms with Gasteiger partial charge in [-0.1, -0.05) is 12.1 Å². The Morgan fingerprint density at radius 3 is 2.44 bits per heavy atom. The van der Waals surface area contributed by atoms with Crippen molar-refractivity contribution in [3.8, 4) is 0 Å². The Balaban J connectivity index is 2.88. The second-order valence-corrected chi connectivity index (χ2v) is 5.53. The maximum absolute atomic E-state index is 13.8. The van der Waals surface area contributed by atoms with E-state index in [1.54, 1.807) is 26.0 Å². The summed E-state index contributed by atoms with van der Waals surface area (Å²) in [5.41, 5.74) is 0.453. The van der Waals surface area contributed by atoms with Crippen LogP contribution in [0, 0.1) is 11.2 Å². The van der Waals surface area contributed by atoms with Crippen LogP contribution in [0.3, 0.4) is 0 Å². The van der Waals surface area contributed by atoms with Crippen LogP contribution >= 0.6 is 0 Å². The lowest BCUT2D eigenvalue weighted by molar-refractivity contribution is -0.146. The molecule has 1 aromatic carbocycles. The summed E-state index contributed by atoms with van der Waals surface area (Å²) in [6.45, 7) is 3.82. The fourth-order valence-corrected chi connectivity index (χ4v) is 1.76. The number of rotatable bonds is 5. The van der Waals surface area contributed by atoms with Gasteiger partial charge in [-0.05, 0) is 46.0 Å². The summed E-state index contributed by atoms with van der Waals surface area (Å²) < 4.78 is 13.8. The van der Waals surface area contributed by atoms with E-state index >= 15 is 0 Å². The van der Waals surface area contributed by atoms with Crippen LogP contribution in [-0.4, -0.2) is 30.1 Å². The minimum Gasteiger partial charge on any atom is -0.481 e. The smallest absolute Gasteiger partial charge is 0.309 e. The van der Waals surface area contributed by atoms with Crippen LogP contribution in [0.1, 0.15) is 25.0 Å². The van der Waals surface area contributed by atoms with Gasteiger partial charge in [0.1, 0.15) is 5.82 Å². The molecule has 0 atom stereocenters. The molecule has 0 fully saturated rings. The van der Waals surface area contributed by atoms with E-state index in [-0.39, 0.29) is 5.82 Å². The Labute approximate surface area is 107 Å². The van der Waals surface area contributed by atoms with E-state index in [0.29, 0.717) is 24.1 Å². The summed E-state index contributed by atoms with van der Waals surface area (Å²) in [5, 5.41) is 9.05. The summed E-state index contributed by atoms with van der Waals surface area (Å²) >= 11 is 0. The minimum atomic E-state index is -0.879. The SMILES string of the molecule is CN(C)Cc1ccc(CC(C)(C)C(=O)O)cc1F. The maximum atomic E-state index is 13.8. The normalized spacial score (nSPS) is 11.9. The molecule has 18 heavy (non-hydrogen) atoms. The molecule has 1 aromatic rings. The van der Waals surface area contributed by atoms with Gasteiger partial charge in [-0.3, -0.25) is 4.79 Å². The van der Waals surface area contributed by atoms with Crippen LogP contribution < -0.4 is 0 Å². The number of nitrogens with zero attached hydrogens (tertiary/aromatic N) is 1. The molecular weight excluding hydrogens is 233 g/mol. The largest absolute Gasteiger partial charge is 0.481 e. The van der Waals surface area contributed by atoms with Crippen molar-refractivity contribution in [2.75, 3.05) is 14.1 Å². The number of halogens is 1. The molecule has 0 aliphatic heterocycles. The summed E-state index contributed by atoms with van der Waals surface area (Å²) in [6.07, 6.45) is 0.321. The molecular formula is C14H20FNO2. The van der Waals surface area contributed by atoms with E-state index in [9.17, 15) is 9.18 Å². The highest BCUT2D eigenvalue weighted by Crippen LogP contribution is 2.23. The second kappa shape index (κ2) is 5.48. The van der Waals surface area contributed by atoms with Crippen LogP contribution in [0.25, 0.3) is 0 Å². The molecule has 0 heterocycles. The van der Waals surface area contributed by atoms with Gasteiger partial charge in [-0.25, -0.2) is 4.39 Å². The first-order valence-electron chi connectivity index (χ1n) is 5.88. The Morgan fingerprint density at radius 2 is 2.00 bits per heavy atom. The summed E-state index contributed by atoms with van der Waals surface area (Å²) in [4.78, 5) is 12.9. The highest BCUT2D eigenvalue weighted by Gasteiger charge is 2.27. The first-order valence-corrected chi connectivity index (χ1v) is 5.88. The van der Waals surface area contributed by atoms with Gasteiger partial charge in [0.05, 0.1) is 5.41 Å². The summed E-state index contributed by atoms with van der Waals surface area (Å²) in [6, 6.07) is 4.96. The summed E-state index contributed by atoms with van der Waals surface area (Å²) in [7, 11) is 3.75. The summed E-state index contributed by atoms with van der Waals surface area (Å²) in [5.74, 6) is -1.15. The zero-order valence-electron chi connectivity index (χ0n) is 11.3. The molecule has 4 heteroatoms. The Hall–Kier alpha value is -1.42. The van der Waals surface area contributed by atoms with Crippen molar-refractivity contribution in [3.63, 3.8) is 0 Å². The standard InChI is InChI=1S/C14H20FNO2/c1-14(2,13(17)18)8-10-5-6-11(9-16(3)4)12(15)7-10/h5-7H,8-9H2,1-4H3,(H,17,18). The lowest BCUT2D eigenvalue weighted by Crippen LogP contribution is -2.26. The Kier molecular flexibility index (Phi) is 4.46. The van der Waals surface area contributed by atoms with Crippen molar-refractivity contribution >= 4 is 5.97 Å². The zero-order valence-corrected chi connectivity index (χ0v) is 11.3. The molecule has 0 saturated heterocycles. The molecule has 1 N–H and O–H groups in total. The predicted octanol–water partition coefficient (Wildman–Crippen LogP) is 2.54. The van der Waals surface area contributed by atoms with Gasteiger partial charge in [0.25, 0.3) is 0 Å². The van der Waals surface area contributed by atoms with Gasteiger partial charge in [0.15, 0.2) is 0 Å². The minimum absolute atomic E-state index is 0.276. The number of hydrogen-bond donors (Lipinski definition) is 1. The number of carbonyl (C=O) groups is 1. The average molecular weight is 253 g/mol. The molecule has 0 aliphatic carbocycles. The van der Waals surface area contributed by atoms with Crippen molar-refractivity contribution in [2.24, 2.45) is 5.41 Å². The molecule has 0 bridgehead atoms. The molecule has 0 aliphatic rings. The molecule has 0 radical (unpaired) electrons. The topological polar surface area (TPSA) is 40.5 Å². The lowest BCUT2D eigenvalue weighted by Gasteiger charge is -2.19. The first-order chi connectivity index (χ1) is 8.22. The molecule has 0 spiro atoms. The Bertz CT molecular complexity index is 441. The van der Waals surface area contributed by atoms with Gasteiger partial charge in [0, 0.05) is 12.1 Å². The van der Waals surface area contributed by atoms with Crippen molar-refractivity contribution in [1.82, 2.24) is 4.90 Å². The number of benzene rings is 1. The van der Waals surface area contributed by atoms with E-state index in [1.807, 2.05) is 19.0 Å². The van der Waals surface area contributed by atoms with E-state index in [2.05, 4.69) is 0 Å². The third-order valence-corrected chi connectivity index (χ3v) is 2.83. The van der Waals surface area contributed by atoms with Gasteiger partial charge in [-0.15, -0.1) is 0 Å². The first kappa shape index (κ1) is 14.6. The lowest BCUT2D eigenvalue weighted by atomic mass is 9.85. The quantitative estimate of drug-likeness (QED) is 0.876. The second-order valence-electron chi connectivity index (χ2n) is 5.53. The van der Waals surface area contributed by atoms with Crippen LogP contribution in [0.4, 0.5) is 4.39 Å². The number of hydrogen-bond acceptors (Lipinski definition) is 2. The average Bonchev–Trinajstić information content (AvgIpc) is 2.21. The van der Waals surface area contributed by atoms with E-state index in [1.165, 1.54) is 6.07 Å². The number of carboxylic acids is 1. The van der Waals surface area contributed by atoms with Crippen LogP contribution in [0.2, 0.25) is 0 Å². The molecule has 1 rings (SSSR count). The fraction of sp³-hybridized carbons (Fsp3) is 0.500. The van der Waals surface area contributed by atoms with Gasteiger partial charge < -0.3 is 10.0 Å². The Morgan fingerprint density at radius 1 is 1.39 bits per heavy atom. The molecule has 0 amide bonds. The zero-order chi connectivity index (χ0) is 13.9. The van der Waals surface area contributed by atoms with E-state index < -0.39 is 11.4 Å². The van der Waals surface area contributed by atoms with Crippen molar-refractivity contribution in [1.29, 1.82) is 0 Å². The van der Waals surface area contributed by atoms with Crippen LogP contribution in [0.15, 0.2) is 18.2 Å². The monoisotopic (exact) mass is 253 g/mol. The van der Waals surface area contributed by atoms with Crippen LogP contribution in [0.5, 0.6) is 0 Å². The highest BCUT2D eigenvalue weighted by molar-refractivity contribution is 5.74. The number of carboxylic acid groups (broad SMARTS) is 1. The van der Waals surface area contributed by atoms with Crippen molar-refractivity contribution in [2.45, 2.75) is 26.8 Å². The molecule has 100 valence electrons. The fourth-order valence-electron chi connectivity index (χ4n) is 1.76. The van der Waals surface area contributed by atoms with Gasteiger partial charge >= 0.3 is 5.97 Å². The third kappa shape index (κ3) is 3.81. The highest BCUT2D eigenvalue weighted by atomic mass is 19.1. The molecule has 0 aromatic heterocycles. The van der Waals surface area contributed by atoms with Crippen molar-refractivity contribution in [3.05, 3.63) is 35.1 Å².